The van der Waals surface area contributed by atoms with Crippen molar-refractivity contribution in [1.82, 2.24) is 10.2 Å². The summed E-state index contributed by atoms with van der Waals surface area (Å²) in [4.78, 5) is 35.0. The Balaban J connectivity index is 1.76. The average molecular weight is 804 g/mol. The maximum Gasteiger partial charge on any atom is 0.412 e. The number of hydrogen-bond donors (Lipinski definition) is 3. The molecule has 2 aliphatic carbocycles. The normalized spacial score (nSPS) is 24.1. The van der Waals surface area contributed by atoms with E-state index in [0.29, 0.717) is 49.6 Å². The Kier molecular flexibility index (Phi) is 16.2. The molecule has 0 bridgehead atoms. The lowest BCUT2D eigenvalue weighted by Crippen LogP contribution is -2.70. The quantitative estimate of drug-likeness (QED) is 0.0681. The molecule has 12 nitrogen and oxygen atoms in total. The largest absolute Gasteiger partial charge is 0.459 e. The summed E-state index contributed by atoms with van der Waals surface area (Å²) < 4.78 is 26.1. The third kappa shape index (κ3) is 10.8. The molecule has 0 radical (unpaired) electrons. The minimum Gasteiger partial charge on any atom is -0.459 e. The molecular formula is C46H65N3O9. The maximum absolute atomic E-state index is 14.4. The van der Waals surface area contributed by atoms with Crippen LogP contribution in [0.2, 0.25) is 0 Å². The van der Waals surface area contributed by atoms with Crippen molar-refractivity contribution in [3.63, 3.8) is 0 Å². The van der Waals surface area contributed by atoms with Crippen LogP contribution in [0.5, 0.6) is 11.5 Å². The van der Waals surface area contributed by atoms with E-state index in [9.17, 15) is 19.8 Å². The molecule has 5 rings (SSSR count). The van der Waals surface area contributed by atoms with Gasteiger partial charge in [-0.25, -0.2) is 9.59 Å². The predicted octanol–water partition coefficient (Wildman–Crippen LogP) is 8.52. The zero-order chi connectivity index (χ0) is 41.7. The van der Waals surface area contributed by atoms with Crippen molar-refractivity contribution in [3.05, 3.63) is 84.0 Å². The molecule has 1 saturated carbocycles. The zero-order valence-electron chi connectivity index (χ0n) is 35.1. The fraction of sp³-hybridized carbons (Fsp3) is 0.587. The van der Waals surface area contributed by atoms with E-state index in [1.54, 1.807) is 17.0 Å². The fourth-order valence-corrected chi connectivity index (χ4v) is 8.73. The number of aliphatic hydroxyl groups excluding tert-OH is 2. The van der Waals surface area contributed by atoms with Crippen LogP contribution in [0.3, 0.4) is 0 Å². The molecule has 0 aromatic heterocycles. The molecule has 1 aliphatic heterocycles. The van der Waals surface area contributed by atoms with Crippen molar-refractivity contribution < 1.29 is 43.6 Å². The number of oxime groups is 1. The van der Waals surface area contributed by atoms with E-state index in [-0.39, 0.29) is 62.6 Å². The molecular weight excluding hydrogens is 739 g/mol. The Morgan fingerprint density at radius 3 is 2.47 bits per heavy atom. The standard InChI is InChI=1S/C46H65N3O9/c1-7-23-49(44(53)54-31-45(4,5)6)40-29-38(48-56-30-32-17-11-10-12-18-32)36-27-33(19-13-15-24-50)35(20-14-16-25-51)41-37-28-34(57-43(52)47-9-3)21-22-39(37)58-46(40,42(36)41)55-26-8-2/h8,10-12,17-18,21-22,27-28,33,35,40-42,50-51H,2,7,9,13-16,19-20,23-26,29-31H2,1,3-6H3,(H,47,52). The smallest absolute Gasteiger partial charge is 0.412 e. The Labute approximate surface area is 344 Å². The molecule has 0 spiro atoms. The van der Waals surface area contributed by atoms with Gasteiger partial charge in [0, 0.05) is 44.2 Å². The molecule has 6 unspecified atom stereocenters. The number of allylic oxidation sites excluding steroid dienone is 1. The Bertz CT molecular complexity index is 1720. The minimum atomic E-state index is -1.42. The second-order valence-corrected chi connectivity index (χ2v) is 16.8. The highest BCUT2D eigenvalue weighted by molar-refractivity contribution is 6.03. The third-order valence-corrected chi connectivity index (χ3v) is 11.1. The molecule has 2 aromatic rings. The van der Waals surface area contributed by atoms with E-state index in [2.05, 4.69) is 18.0 Å². The molecule has 3 N–H and O–H groups in total. The summed E-state index contributed by atoms with van der Waals surface area (Å²) >= 11 is 0. The Hall–Kier alpha value is -4.39. The number of aliphatic hydroxyl groups is 2. The second kappa shape index (κ2) is 21.0. The Morgan fingerprint density at radius 1 is 1.05 bits per heavy atom. The van der Waals surface area contributed by atoms with Crippen molar-refractivity contribution in [2.24, 2.45) is 28.3 Å². The summed E-state index contributed by atoms with van der Waals surface area (Å²) in [5.74, 6) is -1.16. The topological polar surface area (TPSA) is 148 Å². The van der Waals surface area contributed by atoms with E-state index in [1.165, 1.54) is 0 Å². The van der Waals surface area contributed by atoms with Gasteiger partial charge in [-0.2, -0.15) is 0 Å². The first-order valence-corrected chi connectivity index (χ1v) is 21.1. The van der Waals surface area contributed by atoms with Crippen LogP contribution < -0.4 is 14.8 Å². The van der Waals surface area contributed by atoms with Gasteiger partial charge in [0.2, 0.25) is 5.79 Å². The number of rotatable bonds is 20. The van der Waals surface area contributed by atoms with Gasteiger partial charge < -0.3 is 39.3 Å². The number of unbranched alkanes of at least 4 members (excludes halogenated alkanes) is 2. The lowest BCUT2D eigenvalue weighted by Gasteiger charge is -2.60. The molecule has 58 heavy (non-hydrogen) atoms. The van der Waals surface area contributed by atoms with Crippen LogP contribution in [0.1, 0.15) is 103 Å². The highest BCUT2D eigenvalue weighted by Crippen LogP contribution is 2.62. The van der Waals surface area contributed by atoms with Crippen LogP contribution in [0.4, 0.5) is 9.59 Å². The number of carbonyl (C=O) groups excluding carboxylic acids is 2. The van der Waals surface area contributed by atoms with Gasteiger partial charge in [-0.1, -0.05) is 88.2 Å². The monoisotopic (exact) mass is 803 g/mol. The summed E-state index contributed by atoms with van der Waals surface area (Å²) in [6.07, 6.45) is 8.38. The molecule has 3 aliphatic rings. The van der Waals surface area contributed by atoms with Gasteiger partial charge in [0.15, 0.2) is 0 Å². The molecule has 2 amide bonds. The maximum atomic E-state index is 14.4. The van der Waals surface area contributed by atoms with Crippen molar-refractivity contribution in [1.29, 1.82) is 0 Å². The van der Waals surface area contributed by atoms with Crippen LogP contribution in [0.15, 0.2) is 78.0 Å². The molecule has 318 valence electrons. The van der Waals surface area contributed by atoms with Crippen LogP contribution in [0, 0.1) is 23.2 Å². The first-order chi connectivity index (χ1) is 28.0. The van der Waals surface area contributed by atoms with Gasteiger partial charge >= 0.3 is 12.2 Å². The Morgan fingerprint density at radius 2 is 1.79 bits per heavy atom. The molecule has 6 atom stereocenters. The first kappa shape index (κ1) is 44.7. The highest BCUT2D eigenvalue weighted by Gasteiger charge is 2.65. The summed E-state index contributed by atoms with van der Waals surface area (Å²) in [7, 11) is 0. The van der Waals surface area contributed by atoms with Crippen molar-refractivity contribution >= 4 is 17.9 Å². The van der Waals surface area contributed by atoms with E-state index >= 15 is 0 Å². The molecule has 0 saturated heterocycles. The highest BCUT2D eigenvalue weighted by atomic mass is 16.7. The third-order valence-electron chi connectivity index (χ3n) is 11.1. The van der Waals surface area contributed by atoms with E-state index in [1.807, 2.05) is 77.1 Å². The van der Waals surface area contributed by atoms with E-state index in [4.69, 9.17) is 28.9 Å². The van der Waals surface area contributed by atoms with Crippen LogP contribution >= 0.6 is 0 Å². The summed E-state index contributed by atoms with van der Waals surface area (Å²) in [6.45, 7) is 15.5. The number of carbonyl (C=O) groups is 2. The van der Waals surface area contributed by atoms with E-state index < -0.39 is 29.9 Å². The predicted molar refractivity (Wildman–Crippen MR) is 224 cm³/mol. The summed E-state index contributed by atoms with van der Waals surface area (Å²) in [5.41, 5.74) is 3.18. The van der Waals surface area contributed by atoms with Gasteiger partial charge in [0.05, 0.1) is 24.8 Å². The number of nitrogens with one attached hydrogen (secondary N) is 1. The van der Waals surface area contributed by atoms with Gasteiger partial charge in [-0.15, -0.1) is 6.58 Å². The summed E-state index contributed by atoms with van der Waals surface area (Å²) in [5, 5.41) is 27.4. The van der Waals surface area contributed by atoms with Crippen molar-refractivity contribution in [2.45, 2.75) is 110 Å². The van der Waals surface area contributed by atoms with Gasteiger partial charge in [-0.05, 0) is 85.6 Å². The van der Waals surface area contributed by atoms with Crippen molar-refractivity contribution in [3.8, 4) is 11.5 Å². The fourth-order valence-electron chi connectivity index (χ4n) is 8.73. The van der Waals surface area contributed by atoms with Crippen LogP contribution in [-0.2, 0) is 20.9 Å². The number of amides is 2. The molecule has 12 heteroatoms. The number of benzene rings is 2. The summed E-state index contributed by atoms with van der Waals surface area (Å²) in [6, 6.07) is 14.6. The number of fused-ring (bicyclic) bond motifs is 2. The van der Waals surface area contributed by atoms with Gasteiger partial charge in [-0.3, -0.25) is 4.90 Å². The minimum absolute atomic E-state index is 0.0192. The molecule has 2 aromatic carbocycles. The van der Waals surface area contributed by atoms with Crippen LogP contribution in [0.25, 0.3) is 0 Å². The second-order valence-electron chi connectivity index (χ2n) is 16.8. The van der Waals surface area contributed by atoms with Crippen molar-refractivity contribution in [2.75, 3.05) is 39.5 Å². The van der Waals surface area contributed by atoms with Gasteiger partial charge in [0.25, 0.3) is 0 Å². The van der Waals surface area contributed by atoms with Crippen LogP contribution in [-0.4, -0.2) is 84.4 Å². The number of ether oxygens (including phenoxy) is 4. The molecule has 1 fully saturated rings. The first-order valence-electron chi connectivity index (χ1n) is 21.1. The lowest BCUT2D eigenvalue weighted by molar-refractivity contribution is -0.255. The lowest BCUT2D eigenvalue weighted by atomic mass is 9.55. The number of hydrogen-bond acceptors (Lipinski definition) is 10. The zero-order valence-corrected chi connectivity index (χ0v) is 35.1. The van der Waals surface area contributed by atoms with E-state index in [0.717, 1.165) is 42.4 Å². The SMILES string of the molecule is C=CCOC12Oc3ccc(OC(=O)NCC)cc3C3C(CCCCO)C(CCCCO)C=C(C(=NOCc4ccccc4)CC1N(CCC)C(=O)OCC(C)(C)C)C32. The number of nitrogens with zero attached hydrogens (tertiary/aromatic N) is 2. The van der Waals surface area contributed by atoms with Gasteiger partial charge in [0.1, 0.15) is 24.1 Å². The molecule has 1 heterocycles. The average Bonchev–Trinajstić information content (AvgIpc) is 3.20.